The summed E-state index contributed by atoms with van der Waals surface area (Å²) in [4.78, 5) is 13.4. The number of carbonyl (C=O) groups is 1. The number of hydrogen-bond acceptors (Lipinski definition) is 13. The van der Waals surface area contributed by atoms with Gasteiger partial charge in [0.25, 0.3) is 0 Å². The van der Waals surface area contributed by atoms with Crippen molar-refractivity contribution in [2.75, 3.05) is 19.8 Å². The predicted molar refractivity (Wildman–Crippen MR) is 438 cm³/mol. The second kappa shape index (κ2) is 72.7. The van der Waals surface area contributed by atoms with Crippen molar-refractivity contribution in [2.45, 2.75) is 402 Å². The molecule has 0 radical (unpaired) electrons. The number of hydrogen-bond donors (Lipinski definition) is 9. The van der Waals surface area contributed by atoms with E-state index in [-0.39, 0.29) is 18.9 Å². The van der Waals surface area contributed by atoms with Crippen LogP contribution in [0.3, 0.4) is 0 Å². The Balaban J connectivity index is 1.62. The van der Waals surface area contributed by atoms with Crippen LogP contribution in [-0.4, -0.2) is 140 Å². The van der Waals surface area contributed by atoms with Crippen molar-refractivity contribution < 1.29 is 64.6 Å². The number of ether oxygens (including phenoxy) is 4. The third-order valence-corrected chi connectivity index (χ3v) is 19.8. The maximum absolute atomic E-state index is 13.4. The summed E-state index contributed by atoms with van der Waals surface area (Å²) in [6, 6.07) is -0.946. The van der Waals surface area contributed by atoms with Gasteiger partial charge >= 0.3 is 0 Å². The molecule has 2 fully saturated rings. The molecule has 0 saturated carbocycles. The van der Waals surface area contributed by atoms with E-state index in [1.165, 1.54) is 193 Å². The van der Waals surface area contributed by atoms with Crippen LogP contribution in [0.25, 0.3) is 0 Å². The highest BCUT2D eigenvalue weighted by atomic mass is 16.7. The second-order valence-corrected chi connectivity index (χ2v) is 29.2. The first-order chi connectivity index (χ1) is 51.6. The SMILES string of the molecule is CC/C=C\C/C=C\C/C=C\C/C=C\C/C=C\C/C=C\C/C=C\C/C=C\C/C=C\C/C=C\CCCCCCCCCCCCC(=O)NC(COC1OC(CO)C(OC2OC(CO)C(O)C(O)C2O)C(O)C1O)C(O)/C=C/CC/C=C/CCCCCCCCCCCCCCCCCCCCCCCCCC. The molecule has 12 atom stereocenters. The number of rotatable bonds is 70. The molecular weight excluding hydrogens is 1310 g/mol. The number of amides is 1. The summed E-state index contributed by atoms with van der Waals surface area (Å²) >= 11 is 0. The molecule has 14 heteroatoms. The van der Waals surface area contributed by atoms with Crippen LogP contribution in [0.2, 0.25) is 0 Å². The van der Waals surface area contributed by atoms with Crippen LogP contribution in [-0.2, 0) is 23.7 Å². The molecule has 2 heterocycles. The molecule has 0 aromatic heterocycles. The highest BCUT2D eigenvalue weighted by Gasteiger charge is 2.51. The standard InChI is InChI=1S/C91H155NO13/c1-3-5-7-9-11-13-15-17-19-21-23-25-27-29-31-33-35-36-37-38-39-40-41-42-43-44-45-47-49-51-53-55-57-59-61-63-65-67-69-71-73-75-83(96)92-79(78-102-90-88(101)86(99)89(82(77-94)104-90)105-91-87(100)85(98)84(97)81(76-93)103-91)80(95)74-72-70-68-66-64-62-60-58-56-54-52-50-48-46-34-32-30-28-26-24-22-20-18-16-14-12-10-8-6-4-2/h5,7,11,13,17,19,23,25,29,31,35-36,38-39,41-42,44-45,49,51,64,66,72,74,79-82,84-91,93-95,97-101H,3-4,6,8-10,12,14-16,18,20-22,24,26-28,30,32-34,37,40,43,46-48,50,52-63,65,67-71,73,75-78H2,1-2H3,(H,92,96)/b7-5-,13-11-,19-17-,25-23-,31-29-,36-35-,39-38-,42-41-,45-44-,51-49-,66-64+,74-72+. The van der Waals surface area contributed by atoms with E-state index >= 15 is 0 Å². The number of aliphatic hydroxyl groups excluding tert-OH is 8. The zero-order chi connectivity index (χ0) is 75.8. The first kappa shape index (κ1) is 96.9. The molecule has 14 nitrogen and oxygen atoms in total. The zero-order valence-electron chi connectivity index (χ0n) is 66.2. The fourth-order valence-electron chi connectivity index (χ4n) is 13.1. The molecule has 1 amide bonds. The van der Waals surface area contributed by atoms with Crippen molar-refractivity contribution >= 4 is 5.91 Å². The van der Waals surface area contributed by atoms with Gasteiger partial charge in [-0.2, -0.15) is 0 Å². The number of unbranched alkanes of at least 4 members (excludes halogenated alkanes) is 35. The van der Waals surface area contributed by atoms with Crippen LogP contribution in [0.1, 0.15) is 328 Å². The lowest BCUT2D eigenvalue weighted by molar-refractivity contribution is -0.359. The van der Waals surface area contributed by atoms with Gasteiger partial charge in [-0.3, -0.25) is 4.79 Å². The zero-order valence-corrected chi connectivity index (χ0v) is 66.2. The normalized spacial score (nSPS) is 22.2. The third kappa shape index (κ3) is 55.0. The maximum Gasteiger partial charge on any atom is 0.220 e. The van der Waals surface area contributed by atoms with E-state index in [4.69, 9.17) is 18.9 Å². The van der Waals surface area contributed by atoms with E-state index in [0.717, 1.165) is 103 Å². The van der Waals surface area contributed by atoms with Gasteiger partial charge in [-0.25, -0.2) is 0 Å². The lowest BCUT2D eigenvalue weighted by atomic mass is 9.97. The van der Waals surface area contributed by atoms with Gasteiger partial charge in [-0.1, -0.05) is 359 Å². The molecular formula is C91H155NO13. The molecule has 0 aliphatic carbocycles. The predicted octanol–water partition coefficient (Wildman–Crippen LogP) is 20.3. The monoisotopic (exact) mass is 1470 g/mol. The van der Waals surface area contributed by atoms with Crippen molar-refractivity contribution in [2.24, 2.45) is 0 Å². The average molecular weight is 1470 g/mol. The summed E-state index contributed by atoms with van der Waals surface area (Å²) in [6.45, 7) is 2.70. The third-order valence-electron chi connectivity index (χ3n) is 19.8. The van der Waals surface area contributed by atoms with Crippen molar-refractivity contribution in [3.63, 3.8) is 0 Å². The van der Waals surface area contributed by atoms with E-state index in [0.29, 0.717) is 12.8 Å². The molecule has 602 valence electrons. The Kier molecular flexibility index (Phi) is 67.1. The molecule has 9 N–H and O–H groups in total. The Morgan fingerprint density at radius 1 is 0.352 bits per heavy atom. The molecule has 0 bridgehead atoms. The van der Waals surface area contributed by atoms with Gasteiger partial charge in [0, 0.05) is 6.42 Å². The smallest absolute Gasteiger partial charge is 0.220 e. The fraction of sp³-hybridized carbons (Fsp3) is 0.725. The number of allylic oxidation sites excluding steroid dienone is 23. The summed E-state index contributed by atoms with van der Waals surface area (Å²) in [5.41, 5.74) is 0. The lowest BCUT2D eigenvalue weighted by Crippen LogP contribution is -2.65. The van der Waals surface area contributed by atoms with Gasteiger partial charge in [-0.05, 0) is 109 Å². The largest absolute Gasteiger partial charge is 0.394 e. The minimum Gasteiger partial charge on any atom is -0.394 e. The van der Waals surface area contributed by atoms with Crippen LogP contribution in [0.15, 0.2) is 146 Å². The molecule has 105 heavy (non-hydrogen) atoms. The number of nitrogens with one attached hydrogen (secondary N) is 1. The van der Waals surface area contributed by atoms with Crippen molar-refractivity contribution in [3.05, 3.63) is 146 Å². The van der Waals surface area contributed by atoms with Crippen molar-refractivity contribution in [1.29, 1.82) is 0 Å². The molecule has 12 unspecified atom stereocenters. The Hall–Kier alpha value is -4.13. The Bertz CT molecular complexity index is 2330. The quantitative estimate of drug-likeness (QED) is 0.0204. The van der Waals surface area contributed by atoms with Crippen LogP contribution in [0.5, 0.6) is 0 Å². The molecule has 0 spiro atoms. The van der Waals surface area contributed by atoms with Gasteiger partial charge in [0.1, 0.15) is 48.8 Å². The topological polar surface area (TPSA) is 228 Å². The van der Waals surface area contributed by atoms with E-state index in [2.05, 4.69) is 153 Å². The molecule has 0 aromatic carbocycles. The summed E-state index contributed by atoms with van der Waals surface area (Å²) in [7, 11) is 0. The number of aliphatic hydroxyl groups is 8. The van der Waals surface area contributed by atoms with Crippen molar-refractivity contribution in [1.82, 2.24) is 5.32 Å². The van der Waals surface area contributed by atoms with E-state index in [9.17, 15) is 45.6 Å². The van der Waals surface area contributed by atoms with Gasteiger partial charge < -0.3 is 65.1 Å². The van der Waals surface area contributed by atoms with E-state index < -0.39 is 86.8 Å². The first-order valence-electron chi connectivity index (χ1n) is 42.6. The van der Waals surface area contributed by atoms with Crippen molar-refractivity contribution in [3.8, 4) is 0 Å². The van der Waals surface area contributed by atoms with Gasteiger partial charge in [-0.15, -0.1) is 0 Å². The lowest BCUT2D eigenvalue weighted by Gasteiger charge is -2.46. The highest BCUT2D eigenvalue weighted by molar-refractivity contribution is 5.76. The fourth-order valence-corrected chi connectivity index (χ4v) is 13.1. The Morgan fingerprint density at radius 2 is 0.667 bits per heavy atom. The minimum atomic E-state index is -1.80. The van der Waals surface area contributed by atoms with E-state index in [1.54, 1.807) is 6.08 Å². The Morgan fingerprint density at radius 3 is 1.05 bits per heavy atom. The van der Waals surface area contributed by atoms with E-state index in [1.807, 2.05) is 6.08 Å². The van der Waals surface area contributed by atoms with Crippen LogP contribution in [0.4, 0.5) is 0 Å². The summed E-state index contributed by atoms with van der Waals surface area (Å²) < 4.78 is 22.9. The minimum absolute atomic E-state index is 0.256. The van der Waals surface area contributed by atoms with Crippen LogP contribution in [0, 0.1) is 0 Å². The first-order valence-corrected chi connectivity index (χ1v) is 42.6. The maximum atomic E-state index is 13.4. The highest BCUT2D eigenvalue weighted by Crippen LogP contribution is 2.30. The number of carbonyl (C=O) groups excluding carboxylic acids is 1. The summed E-state index contributed by atoms with van der Waals surface area (Å²) in [5.74, 6) is -0.256. The van der Waals surface area contributed by atoms with Gasteiger partial charge in [0.2, 0.25) is 5.91 Å². The molecule has 2 saturated heterocycles. The Labute approximate surface area is 640 Å². The summed E-state index contributed by atoms with van der Waals surface area (Å²) in [5, 5.41) is 87.7. The molecule has 2 rings (SSSR count). The average Bonchev–Trinajstić information content (AvgIpc) is 0.769. The molecule has 2 aliphatic heterocycles. The second-order valence-electron chi connectivity index (χ2n) is 29.2. The van der Waals surface area contributed by atoms with Gasteiger partial charge in [0.05, 0.1) is 32.0 Å². The van der Waals surface area contributed by atoms with Crippen LogP contribution < -0.4 is 5.32 Å². The van der Waals surface area contributed by atoms with Gasteiger partial charge in [0.15, 0.2) is 12.6 Å². The summed E-state index contributed by atoms with van der Waals surface area (Å²) in [6.07, 6.45) is 93.6. The molecule has 2 aliphatic rings. The van der Waals surface area contributed by atoms with Crippen LogP contribution >= 0.6 is 0 Å². The molecule has 0 aromatic rings.